The van der Waals surface area contributed by atoms with Gasteiger partial charge in [0.05, 0.1) is 6.26 Å². The van der Waals surface area contributed by atoms with E-state index in [1.165, 1.54) is 16.5 Å². The standard InChI is InChI=1S/C27H20N4O/c1-2-9-20(10-3-1)18-30-19-21(22-11-4-5-12-23(22)30)17-28-27-26(24-13-8-16-32-24)29-25-14-6-7-15-31(25)27/h1-17,19H,18H2/b28-17+. The predicted octanol–water partition coefficient (Wildman–Crippen LogP) is 6.35. The van der Waals surface area contributed by atoms with Gasteiger partial charge in [0.15, 0.2) is 17.3 Å². The van der Waals surface area contributed by atoms with Crippen LogP contribution in [0.15, 0.2) is 113 Å². The quantitative estimate of drug-likeness (QED) is 0.308. The normalized spacial score (nSPS) is 11.8. The van der Waals surface area contributed by atoms with Crippen molar-refractivity contribution in [2.75, 3.05) is 0 Å². The summed E-state index contributed by atoms with van der Waals surface area (Å²) in [5.74, 6) is 1.45. The minimum atomic E-state index is 0.701. The molecule has 6 aromatic rings. The molecule has 0 radical (unpaired) electrons. The molecule has 6 rings (SSSR count). The van der Waals surface area contributed by atoms with Crippen molar-refractivity contribution in [3.05, 3.63) is 115 Å². The molecule has 32 heavy (non-hydrogen) atoms. The zero-order valence-corrected chi connectivity index (χ0v) is 17.3. The van der Waals surface area contributed by atoms with Crippen molar-refractivity contribution in [1.29, 1.82) is 0 Å². The van der Waals surface area contributed by atoms with E-state index in [1.807, 2.05) is 53.2 Å². The van der Waals surface area contributed by atoms with Crippen LogP contribution in [-0.2, 0) is 6.54 Å². The van der Waals surface area contributed by atoms with Crippen LogP contribution in [0.3, 0.4) is 0 Å². The first-order chi connectivity index (χ1) is 15.9. The molecule has 154 valence electrons. The molecule has 0 saturated carbocycles. The van der Waals surface area contributed by atoms with Gasteiger partial charge in [-0.25, -0.2) is 9.98 Å². The Kier molecular flexibility index (Phi) is 4.43. The third kappa shape index (κ3) is 3.20. The number of aromatic nitrogens is 3. The van der Waals surface area contributed by atoms with Crippen molar-refractivity contribution < 1.29 is 4.42 Å². The summed E-state index contributed by atoms with van der Waals surface area (Å²) in [4.78, 5) is 9.63. The molecule has 0 saturated heterocycles. The van der Waals surface area contributed by atoms with E-state index < -0.39 is 0 Å². The van der Waals surface area contributed by atoms with Crippen molar-refractivity contribution in [3.63, 3.8) is 0 Å². The van der Waals surface area contributed by atoms with Crippen LogP contribution in [0.2, 0.25) is 0 Å². The maximum atomic E-state index is 5.63. The highest BCUT2D eigenvalue weighted by molar-refractivity contribution is 6.00. The van der Waals surface area contributed by atoms with E-state index in [9.17, 15) is 0 Å². The van der Waals surface area contributed by atoms with Gasteiger partial charge in [-0.15, -0.1) is 0 Å². The minimum absolute atomic E-state index is 0.701. The topological polar surface area (TPSA) is 47.7 Å². The number of rotatable bonds is 5. The summed E-state index contributed by atoms with van der Waals surface area (Å²) >= 11 is 0. The third-order valence-corrected chi connectivity index (χ3v) is 5.60. The lowest BCUT2D eigenvalue weighted by atomic mass is 10.2. The molecule has 4 heterocycles. The van der Waals surface area contributed by atoms with Gasteiger partial charge in [-0.05, 0) is 35.9 Å². The Morgan fingerprint density at radius 1 is 0.875 bits per heavy atom. The third-order valence-electron chi connectivity index (χ3n) is 5.60. The molecule has 2 aromatic carbocycles. The summed E-state index contributed by atoms with van der Waals surface area (Å²) in [6, 6.07) is 28.6. The number of fused-ring (bicyclic) bond motifs is 2. The fourth-order valence-electron chi connectivity index (χ4n) is 4.10. The molecule has 0 bridgehead atoms. The highest BCUT2D eigenvalue weighted by atomic mass is 16.3. The van der Waals surface area contributed by atoms with E-state index in [1.54, 1.807) is 6.26 Å². The molecule has 0 unspecified atom stereocenters. The van der Waals surface area contributed by atoms with E-state index in [2.05, 4.69) is 59.3 Å². The zero-order chi connectivity index (χ0) is 21.3. The second kappa shape index (κ2) is 7.71. The van der Waals surface area contributed by atoms with Crippen LogP contribution >= 0.6 is 0 Å². The number of benzene rings is 2. The lowest BCUT2D eigenvalue weighted by Crippen LogP contribution is -1.97. The SMILES string of the molecule is C(=N\c1c(-c2ccco2)nc2ccccn12)/c1cn(Cc2ccccc2)c2ccccc12. The Labute approximate surface area is 184 Å². The summed E-state index contributed by atoms with van der Waals surface area (Å²) in [6.07, 6.45) is 7.72. The number of nitrogens with zero attached hydrogens (tertiary/aromatic N) is 4. The van der Waals surface area contributed by atoms with Gasteiger partial charge in [0.2, 0.25) is 0 Å². The Balaban J connectivity index is 1.46. The maximum Gasteiger partial charge on any atom is 0.168 e. The Bertz CT molecular complexity index is 1540. The Morgan fingerprint density at radius 3 is 2.59 bits per heavy atom. The number of hydrogen-bond donors (Lipinski definition) is 0. The van der Waals surface area contributed by atoms with Crippen molar-refractivity contribution in [2.45, 2.75) is 6.54 Å². The number of furan rings is 1. The lowest BCUT2D eigenvalue weighted by molar-refractivity contribution is 0.580. The van der Waals surface area contributed by atoms with Crippen molar-refractivity contribution in [2.24, 2.45) is 4.99 Å². The average molecular weight is 416 g/mol. The molecule has 0 amide bonds. The highest BCUT2D eigenvalue weighted by Gasteiger charge is 2.15. The number of hydrogen-bond acceptors (Lipinski definition) is 3. The van der Waals surface area contributed by atoms with Crippen LogP contribution in [0.1, 0.15) is 11.1 Å². The van der Waals surface area contributed by atoms with Gasteiger partial charge < -0.3 is 8.98 Å². The summed E-state index contributed by atoms with van der Waals surface area (Å²) < 4.78 is 9.88. The first kappa shape index (κ1) is 18.4. The van der Waals surface area contributed by atoms with Gasteiger partial charge in [0.1, 0.15) is 5.65 Å². The van der Waals surface area contributed by atoms with Crippen molar-refractivity contribution in [3.8, 4) is 11.5 Å². The fraction of sp³-hybridized carbons (Fsp3) is 0.0370. The molecular weight excluding hydrogens is 396 g/mol. The molecule has 0 fully saturated rings. The summed E-state index contributed by atoms with van der Waals surface area (Å²) in [5, 5.41) is 1.17. The van der Waals surface area contributed by atoms with E-state index in [4.69, 9.17) is 14.4 Å². The molecule has 0 aliphatic rings. The number of para-hydroxylation sites is 1. The molecule has 5 heteroatoms. The molecule has 0 aliphatic heterocycles. The highest BCUT2D eigenvalue weighted by Crippen LogP contribution is 2.31. The van der Waals surface area contributed by atoms with Crippen LogP contribution in [0, 0.1) is 0 Å². The Morgan fingerprint density at radius 2 is 1.72 bits per heavy atom. The van der Waals surface area contributed by atoms with Crippen molar-refractivity contribution in [1.82, 2.24) is 14.0 Å². The van der Waals surface area contributed by atoms with Gasteiger partial charge in [0, 0.05) is 41.6 Å². The predicted molar refractivity (Wildman–Crippen MR) is 128 cm³/mol. The van der Waals surface area contributed by atoms with E-state index in [0.29, 0.717) is 5.76 Å². The number of pyridine rings is 1. The van der Waals surface area contributed by atoms with E-state index >= 15 is 0 Å². The van der Waals surface area contributed by atoms with Crippen LogP contribution < -0.4 is 0 Å². The number of imidazole rings is 1. The monoisotopic (exact) mass is 416 g/mol. The first-order valence-corrected chi connectivity index (χ1v) is 10.5. The fourth-order valence-corrected chi connectivity index (χ4v) is 4.10. The van der Waals surface area contributed by atoms with Crippen LogP contribution in [0.5, 0.6) is 0 Å². The van der Waals surface area contributed by atoms with Gasteiger partial charge in [-0.2, -0.15) is 0 Å². The summed E-state index contributed by atoms with van der Waals surface area (Å²) in [7, 11) is 0. The van der Waals surface area contributed by atoms with Crippen LogP contribution in [0.4, 0.5) is 5.82 Å². The molecule has 4 aromatic heterocycles. The van der Waals surface area contributed by atoms with Crippen molar-refractivity contribution >= 4 is 28.6 Å². The largest absolute Gasteiger partial charge is 0.463 e. The van der Waals surface area contributed by atoms with E-state index in [-0.39, 0.29) is 0 Å². The smallest absolute Gasteiger partial charge is 0.168 e. The molecule has 0 N–H and O–H groups in total. The molecule has 0 atom stereocenters. The summed E-state index contributed by atoms with van der Waals surface area (Å²) in [6.45, 7) is 0.808. The van der Waals surface area contributed by atoms with E-state index in [0.717, 1.165) is 29.3 Å². The second-order valence-electron chi connectivity index (χ2n) is 7.66. The van der Waals surface area contributed by atoms with Crippen LogP contribution in [0.25, 0.3) is 28.0 Å². The average Bonchev–Trinajstić information content (AvgIpc) is 3.57. The second-order valence-corrected chi connectivity index (χ2v) is 7.66. The molecule has 5 nitrogen and oxygen atoms in total. The summed E-state index contributed by atoms with van der Waals surface area (Å²) in [5.41, 5.74) is 5.07. The number of aliphatic imine (C=N–C) groups is 1. The first-order valence-electron chi connectivity index (χ1n) is 10.5. The molecule has 0 aliphatic carbocycles. The van der Waals surface area contributed by atoms with Crippen LogP contribution in [-0.4, -0.2) is 20.2 Å². The van der Waals surface area contributed by atoms with Gasteiger partial charge in [-0.3, -0.25) is 4.40 Å². The molecule has 0 spiro atoms. The molecular formula is C27H20N4O. The van der Waals surface area contributed by atoms with Gasteiger partial charge in [-0.1, -0.05) is 54.6 Å². The van der Waals surface area contributed by atoms with Gasteiger partial charge in [0.25, 0.3) is 0 Å². The zero-order valence-electron chi connectivity index (χ0n) is 17.3. The maximum absolute atomic E-state index is 5.63. The van der Waals surface area contributed by atoms with Gasteiger partial charge >= 0.3 is 0 Å². The Hall–Kier alpha value is -4.38. The lowest BCUT2D eigenvalue weighted by Gasteiger charge is -2.05. The minimum Gasteiger partial charge on any atom is -0.463 e.